The third-order valence-electron chi connectivity index (χ3n) is 1.53. The number of hydrogen-bond donors (Lipinski definition) is 1. The fourth-order valence-electron chi connectivity index (χ4n) is 0.880. The van der Waals surface area contributed by atoms with Gasteiger partial charge in [-0.2, -0.15) is 0 Å². The molecule has 0 saturated carbocycles. The van der Waals surface area contributed by atoms with E-state index in [1.807, 2.05) is 0 Å². The second kappa shape index (κ2) is 4.49. The van der Waals surface area contributed by atoms with E-state index >= 15 is 0 Å². The van der Waals surface area contributed by atoms with Crippen molar-refractivity contribution in [3.05, 3.63) is 34.6 Å². The predicted octanol–water partition coefficient (Wildman–Crippen LogP) is 3.31. The summed E-state index contributed by atoms with van der Waals surface area (Å²) in [5.74, 6) is -0.221. The maximum Gasteiger partial charge on any atom is 0.165 e. The molecule has 2 N–H and O–H groups in total. The Labute approximate surface area is 85.9 Å². The maximum absolute atomic E-state index is 13.1. The molecule has 0 amide bonds. The summed E-state index contributed by atoms with van der Waals surface area (Å²) >= 11 is 11.1. The van der Waals surface area contributed by atoms with Gasteiger partial charge in [0.1, 0.15) is 0 Å². The zero-order valence-electron chi connectivity index (χ0n) is 6.73. The monoisotopic (exact) mass is 219 g/mol. The summed E-state index contributed by atoms with van der Waals surface area (Å²) in [5, 5.41) is 0.0290. The summed E-state index contributed by atoms with van der Waals surface area (Å²) in [6, 6.07) is 3.11. The average Bonchev–Trinajstić information content (AvgIpc) is 2.13. The van der Waals surface area contributed by atoms with Crippen LogP contribution in [0.5, 0.6) is 0 Å². The molecule has 0 aliphatic rings. The minimum atomic E-state index is -0.585. The molecule has 70 valence electrons. The first kappa shape index (κ1) is 10.4. The molecule has 0 fully saturated rings. The van der Waals surface area contributed by atoms with Crippen LogP contribution in [0.15, 0.2) is 18.2 Å². The topological polar surface area (TPSA) is 26.0 Å². The van der Waals surface area contributed by atoms with Gasteiger partial charge in [0.15, 0.2) is 5.82 Å². The lowest BCUT2D eigenvalue weighted by Gasteiger charge is -2.02. The second-order valence-corrected chi connectivity index (χ2v) is 3.12. The number of hydrogen-bond acceptors (Lipinski definition) is 1. The van der Waals surface area contributed by atoms with E-state index in [0.29, 0.717) is 11.4 Å². The average molecular weight is 220 g/mol. The Morgan fingerprint density at radius 2 is 2.15 bits per heavy atom. The summed E-state index contributed by atoms with van der Waals surface area (Å²) in [6.45, 7) is 0. The van der Waals surface area contributed by atoms with Crippen LogP contribution >= 0.6 is 23.2 Å². The van der Waals surface area contributed by atoms with Crippen molar-refractivity contribution in [1.82, 2.24) is 0 Å². The third kappa shape index (κ3) is 2.36. The van der Waals surface area contributed by atoms with Gasteiger partial charge in [0.05, 0.1) is 10.7 Å². The molecule has 0 radical (unpaired) electrons. The third-order valence-corrected chi connectivity index (χ3v) is 2.09. The van der Waals surface area contributed by atoms with Crippen LogP contribution < -0.4 is 5.73 Å². The van der Waals surface area contributed by atoms with E-state index < -0.39 is 5.82 Å². The van der Waals surface area contributed by atoms with Gasteiger partial charge in [-0.15, -0.1) is 11.6 Å². The fraction of sp³-hybridized carbons (Fsp3) is 0.111. The molecule has 0 aliphatic carbocycles. The van der Waals surface area contributed by atoms with Crippen LogP contribution in [0.25, 0.3) is 6.08 Å². The van der Waals surface area contributed by atoms with Crippen molar-refractivity contribution >= 4 is 35.0 Å². The first-order valence-corrected chi connectivity index (χ1v) is 4.54. The van der Waals surface area contributed by atoms with Crippen molar-refractivity contribution in [3.63, 3.8) is 0 Å². The highest BCUT2D eigenvalue weighted by Gasteiger charge is 2.06. The molecule has 0 aliphatic heterocycles. The van der Waals surface area contributed by atoms with E-state index in [4.69, 9.17) is 28.9 Å². The highest BCUT2D eigenvalue weighted by atomic mass is 35.5. The van der Waals surface area contributed by atoms with Crippen LogP contribution in [0, 0.1) is 5.82 Å². The molecule has 0 spiro atoms. The molecule has 13 heavy (non-hydrogen) atoms. The summed E-state index contributed by atoms with van der Waals surface area (Å²) < 4.78 is 13.1. The largest absolute Gasteiger partial charge is 0.396 e. The molecule has 0 saturated heterocycles. The Hall–Kier alpha value is -0.730. The van der Waals surface area contributed by atoms with E-state index in [9.17, 15) is 4.39 Å². The number of rotatable bonds is 2. The van der Waals surface area contributed by atoms with Gasteiger partial charge in [0, 0.05) is 5.88 Å². The Morgan fingerprint density at radius 3 is 2.77 bits per heavy atom. The van der Waals surface area contributed by atoms with Gasteiger partial charge >= 0.3 is 0 Å². The van der Waals surface area contributed by atoms with Gasteiger partial charge in [-0.25, -0.2) is 4.39 Å². The molecular formula is C9H8Cl2FN. The maximum atomic E-state index is 13.1. The standard InChI is InChI=1S/C9H8Cl2FN/c10-5-1-2-6-3-4-7(13)9(12)8(6)11/h1-4H,5,13H2. The Kier molecular flexibility index (Phi) is 3.58. The van der Waals surface area contributed by atoms with Gasteiger partial charge < -0.3 is 5.73 Å². The van der Waals surface area contributed by atoms with Crippen molar-refractivity contribution in [1.29, 1.82) is 0 Å². The Bertz CT molecular complexity index is 337. The van der Waals surface area contributed by atoms with Crippen molar-refractivity contribution in [3.8, 4) is 0 Å². The van der Waals surface area contributed by atoms with E-state index in [1.165, 1.54) is 6.07 Å². The van der Waals surface area contributed by atoms with E-state index in [0.717, 1.165) is 0 Å². The lowest BCUT2D eigenvalue weighted by molar-refractivity contribution is 0.632. The van der Waals surface area contributed by atoms with Crippen LogP contribution in [-0.4, -0.2) is 5.88 Å². The molecule has 4 heteroatoms. The fourth-order valence-corrected chi connectivity index (χ4v) is 1.20. The van der Waals surface area contributed by atoms with Crippen LogP contribution in [0.3, 0.4) is 0 Å². The first-order chi connectivity index (χ1) is 6.16. The normalized spacial score (nSPS) is 11.0. The van der Waals surface area contributed by atoms with Gasteiger partial charge in [-0.05, 0) is 11.6 Å². The molecule has 1 aromatic carbocycles. The van der Waals surface area contributed by atoms with Crippen molar-refractivity contribution < 1.29 is 4.39 Å². The van der Waals surface area contributed by atoms with Gasteiger partial charge in [0.25, 0.3) is 0 Å². The lowest BCUT2D eigenvalue weighted by atomic mass is 10.2. The Morgan fingerprint density at radius 1 is 1.46 bits per heavy atom. The zero-order valence-corrected chi connectivity index (χ0v) is 8.24. The molecule has 0 bridgehead atoms. The van der Waals surface area contributed by atoms with Crippen molar-refractivity contribution in [2.75, 3.05) is 11.6 Å². The van der Waals surface area contributed by atoms with E-state index in [1.54, 1.807) is 18.2 Å². The number of nitrogens with two attached hydrogens (primary N) is 1. The summed E-state index contributed by atoms with van der Waals surface area (Å²) in [6.07, 6.45) is 3.33. The van der Waals surface area contributed by atoms with Gasteiger partial charge in [-0.1, -0.05) is 29.8 Å². The number of benzene rings is 1. The molecule has 0 aromatic heterocycles. The van der Waals surface area contributed by atoms with Gasteiger partial charge in [0.2, 0.25) is 0 Å². The molecule has 1 aromatic rings. The number of allylic oxidation sites excluding steroid dienone is 1. The van der Waals surface area contributed by atoms with Crippen LogP contribution in [0.2, 0.25) is 5.02 Å². The van der Waals surface area contributed by atoms with Crippen LogP contribution in [0.4, 0.5) is 10.1 Å². The second-order valence-electron chi connectivity index (χ2n) is 2.43. The van der Waals surface area contributed by atoms with Crippen LogP contribution in [0.1, 0.15) is 5.56 Å². The molecule has 0 unspecified atom stereocenters. The quantitative estimate of drug-likeness (QED) is 0.600. The predicted molar refractivity (Wildman–Crippen MR) is 55.6 cm³/mol. The minimum Gasteiger partial charge on any atom is -0.396 e. The highest BCUT2D eigenvalue weighted by molar-refractivity contribution is 6.32. The molecule has 0 atom stereocenters. The van der Waals surface area contributed by atoms with Crippen molar-refractivity contribution in [2.45, 2.75) is 0 Å². The van der Waals surface area contributed by atoms with Gasteiger partial charge in [-0.3, -0.25) is 0 Å². The SMILES string of the molecule is Nc1ccc(C=CCCl)c(Cl)c1F. The number of halogens is 3. The molecular weight excluding hydrogens is 212 g/mol. The summed E-state index contributed by atoms with van der Waals surface area (Å²) in [7, 11) is 0. The number of anilines is 1. The summed E-state index contributed by atoms with van der Waals surface area (Å²) in [4.78, 5) is 0. The summed E-state index contributed by atoms with van der Waals surface area (Å²) in [5.41, 5.74) is 5.94. The lowest BCUT2D eigenvalue weighted by Crippen LogP contribution is -1.92. The zero-order chi connectivity index (χ0) is 9.84. The number of alkyl halides is 1. The van der Waals surface area contributed by atoms with E-state index in [-0.39, 0.29) is 10.7 Å². The van der Waals surface area contributed by atoms with Crippen molar-refractivity contribution in [2.24, 2.45) is 0 Å². The molecule has 1 nitrogen and oxygen atoms in total. The first-order valence-electron chi connectivity index (χ1n) is 3.62. The Balaban J connectivity index is 3.11. The van der Waals surface area contributed by atoms with E-state index in [2.05, 4.69) is 0 Å². The number of nitrogen functional groups attached to an aromatic ring is 1. The smallest absolute Gasteiger partial charge is 0.165 e. The van der Waals surface area contributed by atoms with Crippen LogP contribution in [-0.2, 0) is 0 Å². The molecule has 1 rings (SSSR count). The molecule has 0 heterocycles. The highest BCUT2D eigenvalue weighted by Crippen LogP contribution is 2.25. The minimum absolute atomic E-state index is 0.0290.